The van der Waals surface area contributed by atoms with Crippen molar-refractivity contribution in [3.8, 4) is 0 Å². The highest BCUT2D eigenvalue weighted by atomic mass is 16.3. The third-order valence-electron chi connectivity index (χ3n) is 3.61. The molecule has 1 atom stereocenters. The Morgan fingerprint density at radius 2 is 2.44 bits per heavy atom. The van der Waals surface area contributed by atoms with Crippen LogP contribution in [0.15, 0.2) is 22.8 Å². The van der Waals surface area contributed by atoms with Crippen LogP contribution in [0.5, 0.6) is 0 Å². The summed E-state index contributed by atoms with van der Waals surface area (Å²) in [5, 5.41) is 0. The fourth-order valence-corrected chi connectivity index (χ4v) is 2.61. The van der Waals surface area contributed by atoms with Crippen molar-refractivity contribution in [3.05, 3.63) is 24.2 Å². The zero-order valence-corrected chi connectivity index (χ0v) is 10.8. The largest absolute Gasteiger partial charge is 0.469 e. The fraction of sp³-hybridized carbons (Fsp3) is 0.643. The SMILES string of the molecule is NCCC1CCCN(C(=O)CCc2ccco2)C1. The van der Waals surface area contributed by atoms with Crippen LogP contribution in [-0.2, 0) is 11.2 Å². The number of carbonyl (C=O) groups is 1. The summed E-state index contributed by atoms with van der Waals surface area (Å²) in [7, 11) is 0. The Kier molecular flexibility index (Phi) is 4.81. The average Bonchev–Trinajstić information content (AvgIpc) is 2.90. The molecule has 0 aliphatic carbocycles. The summed E-state index contributed by atoms with van der Waals surface area (Å²) in [4.78, 5) is 14.1. The van der Waals surface area contributed by atoms with Crippen LogP contribution in [0.25, 0.3) is 0 Å². The molecule has 1 amide bonds. The third kappa shape index (κ3) is 3.60. The first-order valence-electron chi connectivity index (χ1n) is 6.80. The molecule has 2 heterocycles. The molecule has 18 heavy (non-hydrogen) atoms. The van der Waals surface area contributed by atoms with E-state index in [0.717, 1.165) is 38.2 Å². The molecule has 0 saturated carbocycles. The molecular formula is C14H22N2O2. The van der Waals surface area contributed by atoms with Crippen molar-refractivity contribution in [3.63, 3.8) is 0 Å². The summed E-state index contributed by atoms with van der Waals surface area (Å²) in [6.07, 6.45) is 6.24. The molecule has 4 nitrogen and oxygen atoms in total. The summed E-state index contributed by atoms with van der Waals surface area (Å²) in [5.74, 6) is 1.73. The quantitative estimate of drug-likeness (QED) is 0.867. The lowest BCUT2D eigenvalue weighted by Gasteiger charge is -2.32. The van der Waals surface area contributed by atoms with Gasteiger partial charge in [-0.05, 0) is 43.9 Å². The Labute approximate surface area is 108 Å². The molecule has 0 bridgehead atoms. The molecule has 1 aromatic heterocycles. The molecule has 0 radical (unpaired) electrons. The number of likely N-dealkylation sites (tertiary alicyclic amines) is 1. The van der Waals surface area contributed by atoms with Gasteiger partial charge >= 0.3 is 0 Å². The summed E-state index contributed by atoms with van der Waals surface area (Å²) in [6, 6.07) is 3.78. The highest BCUT2D eigenvalue weighted by molar-refractivity contribution is 5.76. The van der Waals surface area contributed by atoms with Crippen molar-refractivity contribution in [1.29, 1.82) is 0 Å². The Morgan fingerprint density at radius 3 is 3.17 bits per heavy atom. The number of furan rings is 1. The highest BCUT2D eigenvalue weighted by Gasteiger charge is 2.22. The van der Waals surface area contributed by atoms with E-state index in [-0.39, 0.29) is 5.91 Å². The minimum Gasteiger partial charge on any atom is -0.469 e. The highest BCUT2D eigenvalue weighted by Crippen LogP contribution is 2.20. The van der Waals surface area contributed by atoms with Crippen molar-refractivity contribution < 1.29 is 9.21 Å². The number of aryl methyl sites for hydroxylation is 1. The Bertz CT molecular complexity index is 360. The Balaban J connectivity index is 1.77. The smallest absolute Gasteiger partial charge is 0.223 e. The predicted molar refractivity (Wildman–Crippen MR) is 70.0 cm³/mol. The molecule has 1 fully saturated rings. The first-order valence-corrected chi connectivity index (χ1v) is 6.80. The van der Waals surface area contributed by atoms with Gasteiger partial charge in [0.15, 0.2) is 0 Å². The van der Waals surface area contributed by atoms with E-state index in [0.29, 0.717) is 18.8 Å². The van der Waals surface area contributed by atoms with Gasteiger partial charge in [0.2, 0.25) is 5.91 Å². The molecule has 1 aliphatic rings. The molecular weight excluding hydrogens is 228 g/mol. The van der Waals surface area contributed by atoms with Gasteiger partial charge in [0.1, 0.15) is 5.76 Å². The van der Waals surface area contributed by atoms with Gasteiger partial charge in [0.05, 0.1) is 6.26 Å². The van der Waals surface area contributed by atoms with Crippen molar-refractivity contribution in [2.75, 3.05) is 19.6 Å². The van der Waals surface area contributed by atoms with E-state index < -0.39 is 0 Å². The third-order valence-corrected chi connectivity index (χ3v) is 3.61. The maximum atomic E-state index is 12.1. The number of hydrogen-bond donors (Lipinski definition) is 1. The summed E-state index contributed by atoms with van der Waals surface area (Å²) in [6.45, 7) is 2.51. The van der Waals surface area contributed by atoms with E-state index in [4.69, 9.17) is 10.2 Å². The second-order valence-corrected chi connectivity index (χ2v) is 5.00. The van der Waals surface area contributed by atoms with Gasteiger partial charge < -0.3 is 15.1 Å². The van der Waals surface area contributed by atoms with Crippen molar-refractivity contribution in [2.45, 2.75) is 32.1 Å². The normalized spacial score (nSPS) is 20.1. The van der Waals surface area contributed by atoms with E-state index in [2.05, 4.69) is 0 Å². The van der Waals surface area contributed by atoms with Crippen LogP contribution in [0.2, 0.25) is 0 Å². The lowest BCUT2D eigenvalue weighted by Crippen LogP contribution is -2.40. The number of rotatable bonds is 5. The van der Waals surface area contributed by atoms with Crippen LogP contribution >= 0.6 is 0 Å². The molecule has 1 unspecified atom stereocenters. The number of nitrogens with two attached hydrogens (primary N) is 1. The summed E-state index contributed by atoms with van der Waals surface area (Å²) >= 11 is 0. The Hall–Kier alpha value is -1.29. The maximum Gasteiger partial charge on any atom is 0.223 e. The van der Waals surface area contributed by atoms with E-state index in [1.54, 1.807) is 6.26 Å². The first-order chi connectivity index (χ1) is 8.79. The maximum absolute atomic E-state index is 12.1. The van der Waals surface area contributed by atoms with E-state index >= 15 is 0 Å². The van der Waals surface area contributed by atoms with E-state index in [9.17, 15) is 4.79 Å². The number of piperidine rings is 1. The number of carbonyl (C=O) groups excluding carboxylic acids is 1. The molecule has 2 N–H and O–H groups in total. The molecule has 2 rings (SSSR count). The molecule has 1 saturated heterocycles. The average molecular weight is 250 g/mol. The second-order valence-electron chi connectivity index (χ2n) is 5.00. The minimum absolute atomic E-state index is 0.244. The van der Waals surface area contributed by atoms with Crippen LogP contribution < -0.4 is 5.73 Å². The van der Waals surface area contributed by atoms with Gasteiger partial charge in [-0.2, -0.15) is 0 Å². The van der Waals surface area contributed by atoms with Crippen molar-refractivity contribution >= 4 is 5.91 Å². The van der Waals surface area contributed by atoms with Gasteiger partial charge in [0, 0.05) is 25.9 Å². The number of hydrogen-bond acceptors (Lipinski definition) is 3. The van der Waals surface area contributed by atoms with Gasteiger partial charge in [-0.25, -0.2) is 0 Å². The zero-order chi connectivity index (χ0) is 12.8. The topological polar surface area (TPSA) is 59.5 Å². The van der Waals surface area contributed by atoms with E-state index in [1.807, 2.05) is 17.0 Å². The van der Waals surface area contributed by atoms with Gasteiger partial charge in [0.25, 0.3) is 0 Å². The van der Waals surface area contributed by atoms with Crippen molar-refractivity contribution in [2.24, 2.45) is 11.7 Å². The summed E-state index contributed by atoms with van der Waals surface area (Å²) in [5.41, 5.74) is 5.59. The second kappa shape index (κ2) is 6.59. The first kappa shape index (κ1) is 13.1. The molecule has 0 spiro atoms. The molecule has 1 aromatic rings. The summed E-state index contributed by atoms with van der Waals surface area (Å²) < 4.78 is 5.24. The molecule has 0 aromatic carbocycles. The van der Waals surface area contributed by atoms with Crippen LogP contribution in [-0.4, -0.2) is 30.4 Å². The van der Waals surface area contributed by atoms with Gasteiger partial charge in [-0.3, -0.25) is 4.79 Å². The van der Waals surface area contributed by atoms with Crippen LogP contribution in [0.3, 0.4) is 0 Å². The van der Waals surface area contributed by atoms with E-state index in [1.165, 1.54) is 6.42 Å². The predicted octanol–water partition coefficient (Wildman–Crippen LogP) is 1.80. The zero-order valence-electron chi connectivity index (χ0n) is 10.8. The molecule has 4 heteroatoms. The minimum atomic E-state index is 0.244. The number of amides is 1. The lowest BCUT2D eigenvalue weighted by molar-refractivity contribution is -0.133. The fourth-order valence-electron chi connectivity index (χ4n) is 2.61. The van der Waals surface area contributed by atoms with Crippen LogP contribution in [0, 0.1) is 5.92 Å². The molecule has 100 valence electrons. The van der Waals surface area contributed by atoms with Gasteiger partial charge in [-0.1, -0.05) is 0 Å². The van der Waals surface area contributed by atoms with Crippen molar-refractivity contribution in [1.82, 2.24) is 4.90 Å². The Morgan fingerprint density at radius 1 is 1.56 bits per heavy atom. The monoisotopic (exact) mass is 250 g/mol. The standard InChI is InChI=1S/C14H22N2O2/c15-8-7-12-3-1-9-16(11-12)14(17)6-5-13-4-2-10-18-13/h2,4,10,12H,1,3,5-9,11,15H2. The number of nitrogens with zero attached hydrogens (tertiary/aromatic N) is 1. The van der Waals surface area contributed by atoms with Crippen LogP contribution in [0.1, 0.15) is 31.4 Å². The molecule has 1 aliphatic heterocycles. The lowest BCUT2D eigenvalue weighted by atomic mass is 9.94. The van der Waals surface area contributed by atoms with Crippen LogP contribution in [0.4, 0.5) is 0 Å². The van der Waals surface area contributed by atoms with Gasteiger partial charge in [-0.15, -0.1) is 0 Å².